The molecule has 1 aliphatic carbocycles. The lowest BCUT2D eigenvalue weighted by Crippen LogP contribution is -2.54. The smallest absolute Gasteiger partial charge is 0.271 e. The zero-order valence-corrected chi connectivity index (χ0v) is 16.0. The van der Waals surface area contributed by atoms with Crippen LogP contribution in [-0.2, 0) is 19.2 Å². The van der Waals surface area contributed by atoms with E-state index in [0.29, 0.717) is 37.3 Å². The monoisotopic (exact) mass is 388 g/mol. The molecule has 0 radical (unpaired) electrons. The molecule has 8 heteroatoms. The van der Waals surface area contributed by atoms with Crippen LogP contribution in [0.15, 0.2) is 11.3 Å². The van der Waals surface area contributed by atoms with Gasteiger partial charge in [-0.25, -0.2) is 0 Å². The van der Waals surface area contributed by atoms with Gasteiger partial charge in [0.05, 0.1) is 0 Å². The highest BCUT2D eigenvalue weighted by molar-refractivity contribution is 6.03. The molecule has 0 aromatic heterocycles. The normalized spacial score (nSPS) is 31.0. The molecule has 4 aliphatic rings. The summed E-state index contributed by atoms with van der Waals surface area (Å²) in [7, 11) is 0. The summed E-state index contributed by atoms with van der Waals surface area (Å²) in [6.45, 7) is 0. The first-order valence-electron chi connectivity index (χ1n) is 10.4. The topological polar surface area (TPSA) is 122 Å². The van der Waals surface area contributed by atoms with Gasteiger partial charge in [-0.15, -0.1) is 0 Å². The van der Waals surface area contributed by atoms with E-state index in [2.05, 4.69) is 10.6 Å². The van der Waals surface area contributed by atoms with Crippen molar-refractivity contribution < 1.29 is 19.2 Å². The van der Waals surface area contributed by atoms with Crippen LogP contribution in [0.4, 0.5) is 0 Å². The van der Waals surface area contributed by atoms with Gasteiger partial charge in [-0.2, -0.15) is 0 Å². The van der Waals surface area contributed by atoms with E-state index in [0.717, 1.165) is 37.7 Å². The van der Waals surface area contributed by atoms with Crippen LogP contribution >= 0.6 is 0 Å². The van der Waals surface area contributed by atoms with Gasteiger partial charge in [0.2, 0.25) is 17.7 Å². The van der Waals surface area contributed by atoms with Gasteiger partial charge in [0.25, 0.3) is 5.91 Å². The van der Waals surface area contributed by atoms with Crippen LogP contribution in [0.2, 0.25) is 0 Å². The van der Waals surface area contributed by atoms with Crippen molar-refractivity contribution in [3.8, 4) is 0 Å². The van der Waals surface area contributed by atoms with E-state index < -0.39 is 18.0 Å². The van der Waals surface area contributed by atoms with Crippen LogP contribution in [0, 0.1) is 5.92 Å². The first-order valence-corrected chi connectivity index (χ1v) is 10.4. The maximum Gasteiger partial charge on any atom is 0.271 e. The Labute approximate surface area is 164 Å². The van der Waals surface area contributed by atoms with Crippen molar-refractivity contribution in [1.29, 1.82) is 0 Å². The van der Waals surface area contributed by atoms with Gasteiger partial charge < -0.3 is 21.3 Å². The molecule has 3 heterocycles. The van der Waals surface area contributed by atoms with Gasteiger partial charge in [0, 0.05) is 12.5 Å². The summed E-state index contributed by atoms with van der Waals surface area (Å²) in [6, 6.07) is -1.24. The molecule has 4 rings (SSSR count). The third-order valence-corrected chi connectivity index (χ3v) is 6.71. The number of primary amides is 1. The van der Waals surface area contributed by atoms with Gasteiger partial charge >= 0.3 is 0 Å². The van der Waals surface area contributed by atoms with Gasteiger partial charge in [0.1, 0.15) is 17.8 Å². The number of nitrogens with two attached hydrogens (primary N) is 1. The van der Waals surface area contributed by atoms with Crippen LogP contribution in [0.1, 0.15) is 64.2 Å². The Bertz CT molecular complexity index is 740. The molecule has 0 aromatic rings. The van der Waals surface area contributed by atoms with Crippen LogP contribution < -0.4 is 16.4 Å². The number of carbonyl (C=O) groups excluding carboxylic acids is 4. The Kier molecular flexibility index (Phi) is 5.12. The number of nitrogens with one attached hydrogen (secondary N) is 2. The van der Waals surface area contributed by atoms with Crippen molar-refractivity contribution >= 4 is 23.6 Å². The van der Waals surface area contributed by atoms with Gasteiger partial charge in [-0.1, -0.05) is 19.3 Å². The maximum absolute atomic E-state index is 13.3. The fraction of sp³-hybridized carbons (Fsp3) is 0.700. The second kappa shape index (κ2) is 7.56. The molecule has 3 atom stereocenters. The number of fused-ring (bicyclic) bond motifs is 1. The fourth-order valence-electron chi connectivity index (χ4n) is 5.27. The van der Waals surface area contributed by atoms with Crippen molar-refractivity contribution in [2.45, 2.75) is 82.3 Å². The van der Waals surface area contributed by atoms with Crippen LogP contribution in [0.5, 0.6) is 0 Å². The molecule has 3 fully saturated rings. The average Bonchev–Trinajstić information content (AvgIpc) is 3.31. The minimum absolute atomic E-state index is 0.0197. The predicted molar refractivity (Wildman–Crippen MR) is 100 cm³/mol. The minimum Gasteiger partial charge on any atom is -0.368 e. The lowest BCUT2D eigenvalue weighted by Gasteiger charge is -2.39. The summed E-state index contributed by atoms with van der Waals surface area (Å²) >= 11 is 0. The summed E-state index contributed by atoms with van der Waals surface area (Å²) in [5, 5.41) is 5.49. The first kappa shape index (κ1) is 19.0. The second-order valence-electron chi connectivity index (χ2n) is 8.45. The van der Waals surface area contributed by atoms with E-state index in [1.807, 2.05) is 0 Å². The first-order chi connectivity index (χ1) is 13.5. The summed E-state index contributed by atoms with van der Waals surface area (Å²) in [5.74, 6) is -0.997. The minimum atomic E-state index is -0.608. The van der Waals surface area contributed by atoms with Crippen molar-refractivity contribution in [2.75, 3.05) is 0 Å². The highest BCUT2D eigenvalue weighted by Crippen LogP contribution is 2.41. The van der Waals surface area contributed by atoms with E-state index in [9.17, 15) is 19.2 Å². The lowest BCUT2D eigenvalue weighted by molar-refractivity contribution is -0.138. The highest BCUT2D eigenvalue weighted by Gasteiger charge is 2.46. The summed E-state index contributed by atoms with van der Waals surface area (Å²) in [5.41, 5.74) is 6.87. The van der Waals surface area contributed by atoms with E-state index in [4.69, 9.17) is 5.73 Å². The second-order valence-corrected chi connectivity index (χ2v) is 8.45. The maximum atomic E-state index is 13.3. The number of amides is 4. The molecule has 0 bridgehead atoms. The largest absolute Gasteiger partial charge is 0.368 e. The summed E-state index contributed by atoms with van der Waals surface area (Å²) in [6.07, 6.45) is 8.27. The summed E-state index contributed by atoms with van der Waals surface area (Å²) in [4.78, 5) is 50.9. The molecule has 1 saturated carbocycles. The third-order valence-electron chi connectivity index (χ3n) is 6.71. The zero-order valence-electron chi connectivity index (χ0n) is 16.0. The molecule has 4 N–H and O–H groups in total. The molecule has 3 aliphatic heterocycles. The van der Waals surface area contributed by atoms with E-state index in [1.54, 1.807) is 4.90 Å². The van der Waals surface area contributed by atoms with Gasteiger partial charge in [-0.05, 0) is 50.0 Å². The van der Waals surface area contributed by atoms with Crippen molar-refractivity contribution in [2.24, 2.45) is 11.7 Å². The Morgan fingerprint density at radius 2 is 1.79 bits per heavy atom. The molecule has 4 amide bonds. The standard InChI is InChI=1S/C20H28N4O4/c21-18(26)15-8-6-12-10-13(11-4-2-1-3-5-11)17(20(28)24(12)15)23-19(27)14-7-9-16(25)22-14/h11-12,14-15H,1-10H2,(H2,21,26)(H,22,25)(H,23,27)/t12-,14?,15+/m1/s1. The van der Waals surface area contributed by atoms with E-state index in [-0.39, 0.29) is 23.8 Å². The van der Waals surface area contributed by atoms with Crippen LogP contribution in [0.3, 0.4) is 0 Å². The highest BCUT2D eigenvalue weighted by atomic mass is 16.2. The summed E-state index contributed by atoms with van der Waals surface area (Å²) < 4.78 is 0. The Hall–Kier alpha value is -2.38. The average molecular weight is 388 g/mol. The molecule has 152 valence electrons. The number of nitrogens with zero attached hydrogens (tertiary/aromatic N) is 1. The quantitative estimate of drug-likeness (QED) is 0.648. The molecule has 0 aromatic carbocycles. The Morgan fingerprint density at radius 3 is 2.43 bits per heavy atom. The number of rotatable bonds is 4. The molecule has 0 spiro atoms. The molecule has 28 heavy (non-hydrogen) atoms. The zero-order chi connectivity index (χ0) is 19.8. The van der Waals surface area contributed by atoms with E-state index >= 15 is 0 Å². The van der Waals surface area contributed by atoms with Gasteiger partial charge in [0.15, 0.2) is 0 Å². The van der Waals surface area contributed by atoms with Crippen molar-refractivity contribution in [3.63, 3.8) is 0 Å². The van der Waals surface area contributed by atoms with Crippen LogP contribution in [-0.4, -0.2) is 46.7 Å². The number of hydrogen-bond donors (Lipinski definition) is 3. The molecule has 2 saturated heterocycles. The van der Waals surface area contributed by atoms with E-state index in [1.165, 1.54) is 6.42 Å². The van der Waals surface area contributed by atoms with Crippen LogP contribution in [0.25, 0.3) is 0 Å². The fourth-order valence-corrected chi connectivity index (χ4v) is 5.27. The SMILES string of the molecule is NC(=O)[C@@H]1CC[C@@H]2CC(C3CCCCC3)=C(NC(=O)C3CCC(=O)N3)C(=O)N21. The molecular formula is C20H28N4O4. The lowest BCUT2D eigenvalue weighted by atomic mass is 9.78. The number of carbonyl (C=O) groups is 4. The van der Waals surface area contributed by atoms with Gasteiger partial charge in [-0.3, -0.25) is 19.2 Å². The van der Waals surface area contributed by atoms with Crippen molar-refractivity contribution in [3.05, 3.63) is 11.3 Å². The Morgan fingerprint density at radius 1 is 1.04 bits per heavy atom. The van der Waals surface area contributed by atoms with Crippen molar-refractivity contribution in [1.82, 2.24) is 15.5 Å². The Balaban J connectivity index is 1.63. The number of hydrogen-bond acceptors (Lipinski definition) is 4. The molecule has 1 unspecified atom stereocenters. The third kappa shape index (κ3) is 3.40. The predicted octanol–water partition coefficient (Wildman–Crippen LogP) is 0.464. The molecule has 8 nitrogen and oxygen atoms in total. The molecular weight excluding hydrogens is 360 g/mol.